The monoisotopic (exact) mass is 335 g/mol. The van der Waals surface area contributed by atoms with Gasteiger partial charge in [-0.1, -0.05) is 48.5 Å². The summed E-state index contributed by atoms with van der Waals surface area (Å²) in [7, 11) is 0. The van der Waals surface area contributed by atoms with Crippen molar-refractivity contribution < 1.29 is 4.74 Å². The van der Waals surface area contributed by atoms with Crippen LogP contribution in [-0.4, -0.2) is 30.6 Å². The van der Waals surface area contributed by atoms with Crippen LogP contribution in [0.15, 0.2) is 60.7 Å². The molecule has 2 aromatic carbocycles. The van der Waals surface area contributed by atoms with Crippen molar-refractivity contribution in [1.29, 1.82) is 0 Å². The van der Waals surface area contributed by atoms with Crippen LogP contribution in [0.3, 0.4) is 0 Å². The van der Waals surface area contributed by atoms with E-state index in [0.29, 0.717) is 6.10 Å². The Morgan fingerprint density at radius 1 is 0.800 bits per heavy atom. The lowest BCUT2D eigenvalue weighted by Gasteiger charge is -2.33. The van der Waals surface area contributed by atoms with Crippen molar-refractivity contribution in [2.24, 2.45) is 5.92 Å². The summed E-state index contributed by atoms with van der Waals surface area (Å²) >= 11 is 0. The lowest BCUT2D eigenvalue weighted by Crippen LogP contribution is -2.36. The Kier molecular flexibility index (Phi) is 5.37. The van der Waals surface area contributed by atoms with Crippen LogP contribution in [0.25, 0.3) is 0 Å². The molecule has 0 aromatic heterocycles. The van der Waals surface area contributed by atoms with Gasteiger partial charge in [0, 0.05) is 6.54 Å². The summed E-state index contributed by atoms with van der Waals surface area (Å²) in [4.78, 5) is 2.69. The van der Waals surface area contributed by atoms with Crippen LogP contribution in [0.1, 0.15) is 43.6 Å². The second-order valence-electron chi connectivity index (χ2n) is 7.72. The number of nitrogens with zero attached hydrogens (tertiary/aromatic N) is 1. The smallest absolute Gasteiger partial charge is 0.119 e. The third-order valence-corrected chi connectivity index (χ3v) is 5.91. The Morgan fingerprint density at radius 3 is 2.20 bits per heavy atom. The highest BCUT2D eigenvalue weighted by molar-refractivity contribution is 5.21. The van der Waals surface area contributed by atoms with E-state index in [1.165, 1.54) is 57.3 Å². The quantitative estimate of drug-likeness (QED) is 0.752. The fourth-order valence-electron chi connectivity index (χ4n) is 4.53. The van der Waals surface area contributed by atoms with Gasteiger partial charge in [-0.25, -0.2) is 0 Å². The second-order valence-corrected chi connectivity index (χ2v) is 7.72. The van der Waals surface area contributed by atoms with Gasteiger partial charge in [-0.3, -0.25) is 0 Å². The zero-order valence-electron chi connectivity index (χ0n) is 15.0. The maximum Gasteiger partial charge on any atom is 0.119 e. The molecular weight excluding hydrogens is 306 g/mol. The average molecular weight is 335 g/mol. The van der Waals surface area contributed by atoms with Crippen molar-refractivity contribution in [2.75, 3.05) is 19.6 Å². The summed E-state index contributed by atoms with van der Waals surface area (Å²) in [5.74, 6) is 2.59. The summed E-state index contributed by atoms with van der Waals surface area (Å²) in [5.41, 5.74) is 1.53. The van der Waals surface area contributed by atoms with Gasteiger partial charge < -0.3 is 9.64 Å². The number of hydrogen-bond donors (Lipinski definition) is 0. The molecule has 0 N–H and O–H groups in total. The van der Waals surface area contributed by atoms with Gasteiger partial charge in [-0.05, 0) is 74.7 Å². The van der Waals surface area contributed by atoms with Crippen molar-refractivity contribution >= 4 is 0 Å². The summed E-state index contributed by atoms with van der Waals surface area (Å²) in [6.45, 7) is 3.76. The van der Waals surface area contributed by atoms with Crippen molar-refractivity contribution in [3.05, 3.63) is 66.2 Å². The predicted octanol–water partition coefficient (Wildman–Crippen LogP) is 5.11. The minimum atomic E-state index is 0.411. The first-order chi connectivity index (χ1) is 12.4. The van der Waals surface area contributed by atoms with E-state index in [4.69, 9.17) is 4.74 Å². The Hall–Kier alpha value is -1.80. The van der Waals surface area contributed by atoms with Crippen LogP contribution in [0.2, 0.25) is 0 Å². The molecule has 1 saturated carbocycles. The minimum absolute atomic E-state index is 0.411. The molecule has 2 aromatic rings. The normalized spacial score (nSPS) is 25.1. The van der Waals surface area contributed by atoms with Gasteiger partial charge in [0.05, 0.1) is 6.10 Å². The van der Waals surface area contributed by atoms with Crippen LogP contribution in [0, 0.1) is 5.92 Å². The maximum atomic E-state index is 6.15. The molecule has 0 bridgehead atoms. The number of benzene rings is 2. The molecule has 2 fully saturated rings. The van der Waals surface area contributed by atoms with Crippen LogP contribution >= 0.6 is 0 Å². The topological polar surface area (TPSA) is 12.5 Å². The molecule has 2 unspecified atom stereocenters. The first-order valence-corrected chi connectivity index (χ1v) is 9.86. The Morgan fingerprint density at radius 2 is 1.48 bits per heavy atom. The van der Waals surface area contributed by atoms with E-state index in [0.717, 1.165) is 17.6 Å². The molecule has 4 rings (SSSR count). The van der Waals surface area contributed by atoms with Gasteiger partial charge in [0.15, 0.2) is 0 Å². The largest absolute Gasteiger partial charge is 0.490 e. The summed E-state index contributed by atoms with van der Waals surface area (Å²) in [6, 6.07) is 21.3. The van der Waals surface area contributed by atoms with Crippen LogP contribution in [-0.2, 0) is 0 Å². The fourth-order valence-corrected chi connectivity index (χ4v) is 4.53. The van der Waals surface area contributed by atoms with E-state index in [1.54, 1.807) is 0 Å². The fraction of sp³-hybridized carbons (Fsp3) is 0.478. The van der Waals surface area contributed by atoms with E-state index in [2.05, 4.69) is 59.5 Å². The van der Waals surface area contributed by atoms with Gasteiger partial charge in [0.1, 0.15) is 5.75 Å². The number of piperidine rings is 1. The highest BCUT2D eigenvalue weighted by Crippen LogP contribution is 2.32. The van der Waals surface area contributed by atoms with Gasteiger partial charge in [-0.2, -0.15) is 0 Å². The summed E-state index contributed by atoms with van der Waals surface area (Å²) in [5, 5.41) is 0. The van der Waals surface area contributed by atoms with Crippen molar-refractivity contribution in [3.8, 4) is 5.75 Å². The minimum Gasteiger partial charge on any atom is -0.490 e. The van der Waals surface area contributed by atoms with Crippen LogP contribution in [0.5, 0.6) is 5.75 Å². The maximum absolute atomic E-state index is 6.15. The first-order valence-electron chi connectivity index (χ1n) is 9.86. The van der Waals surface area contributed by atoms with Crippen LogP contribution in [0.4, 0.5) is 0 Å². The number of hydrogen-bond acceptors (Lipinski definition) is 2. The Bertz CT molecular complexity index is 634. The van der Waals surface area contributed by atoms with Crippen molar-refractivity contribution in [1.82, 2.24) is 4.90 Å². The highest BCUT2D eigenvalue weighted by Gasteiger charge is 2.29. The number of ether oxygens (including phenoxy) is 1. The molecule has 2 nitrogen and oxygen atoms in total. The van der Waals surface area contributed by atoms with E-state index in [-0.39, 0.29) is 0 Å². The first kappa shape index (κ1) is 16.7. The summed E-state index contributed by atoms with van der Waals surface area (Å²) < 4.78 is 6.15. The molecule has 1 aliphatic carbocycles. The lowest BCUT2D eigenvalue weighted by molar-refractivity contribution is 0.168. The zero-order valence-corrected chi connectivity index (χ0v) is 15.0. The molecule has 2 aliphatic rings. The molecular formula is C23H29NO. The highest BCUT2D eigenvalue weighted by atomic mass is 16.5. The molecule has 0 radical (unpaired) electrons. The van der Waals surface area contributed by atoms with Gasteiger partial charge >= 0.3 is 0 Å². The molecule has 25 heavy (non-hydrogen) atoms. The molecule has 1 heterocycles. The molecule has 0 amide bonds. The molecule has 0 spiro atoms. The van der Waals surface area contributed by atoms with Crippen LogP contribution < -0.4 is 4.74 Å². The summed E-state index contributed by atoms with van der Waals surface area (Å²) in [6.07, 6.45) is 6.76. The van der Waals surface area contributed by atoms with Crippen molar-refractivity contribution in [2.45, 2.75) is 44.1 Å². The van der Waals surface area contributed by atoms with Crippen molar-refractivity contribution in [3.63, 3.8) is 0 Å². The average Bonchev–Trinajstić information content (AvgIpc) is 3.11. The SMILES string of the molecule is c1ccc(OC2CCC(CN3CCC(c4ccccc4)CC3)C2)cc1. The second kappa shape index (κ2) is 8.05. The standard InChI is InChI=1S/C23H29NO/c1-3-7-20(8-4-1)21-13-15-24(16-14-21)18-19-11-12-23(17-19)25-22-9-5-2-6-10-22/h1-10,19,21,23H,11-18H2. The molecule has 1 aliphatic heterocycles. The molecule has 2 atom stereocenters. The Balaban J connectivity index is 1.22. The number of rotatable bonds is 5. The van der Waals surface area contributed by atoms with E-state index < -0.39 is 0 Å². The van der Waals surface area contributed by atoms with Gasteiger partial charge in [0.25, 0.3) is 0 Å². The number of para-hydroxylation sites is 1. The Labute approximate surface area is 151 Å². The predicted molar refractivity (Wildman–Crippen MR) is 103 cm³/mol. The third kappa shape index (κ3) is 4.43. The molecule has 1 saturated heterocycles. The zero-order chi connectivity index (χ0) is 16.9. The van der Waals surface area contributed by atoms with Gasteiger partial charge in [-0.15, -0.1) is 0 Å². The lowest BCUT2D eigenvalue weighted by atomic mass is 9.89. The molecule has 132 valence electrons. The molecule has 2 heteroatoms. The van der Waals surface area contributed by atoms with Gasteiger partial charge in [0.2, 0.25) is 0 Å². The van der Waals surface area contributed by atoms with E-state index in [9.17, 15) is 0 Å². The number of likely N-dealkylation sites (tertiary alicyclic amines) is 1. The van der Waals surface area contributed by atoms with E-state index in [1.807, 2.05) is 6.07 Å². The third-order valence-electron chi connectivity index (χ3n) is 5.91. The van der Waals surface area contributed by atoms with E-state index >= 15 is 0 Å².